The summed E-state index contributed by atoms with van der Waals surface area (Å²) in [5.74, 6) is -1.40. The SMILES string of the molecule is CCN(CC)CCN1C(=O)C(=O)C(=C(O)c2ccc(C)cc2)[C@@H]1c1ccc(Cl)cc1. The minimum atomic E-state index is -0.660. The average Bonchev–Trinajstić information content (AvgIpc) is 3.00. The Labute approximate surface area is 182 Å². The van der Waals surface area contributed by atoms with Crippen LogP contribution < -0.4 is 0 Å². The number of aliphatic hydroxyl groups excluding tert-OH is 1. The molecule has 1 atom stereocenters. The highest BCUT2D eigenvalue weighted by Crippen LogP contribution is 2.39. The topological polar surface area (TPSA) is 60.9 Å². The number of Topliss-reactive ketones (excluding diaryl/α,β-unsaturated/α-hetero) is 1. The minimum Gasteiger partial charge on any atom is -0.507 e. The Morgan fingerprint density at radius 1 is 1.03 bits per heavy atom. The lowest BCUT2D eigenvalue weighted by Gasteiger charge is -2.28. The van der Waals surface area contributed by atoms with Crippen LogP contribution in [0.2, 0.25) is 5.02 Å². The van der Waals surface area contributed by atoms with Crippen LogP contribution in [0.4, 0.5) is 0 Å². The third-order valence-electron chi connectivity index (χ3n) is 5.60. The molecule has 30 heavy (non-hydrogen) atoms. The maximum absolute atomic E-state index is 13.0. The van der Waals surface area contributed by atoms with E-state index in [9.17, 15) is 14.7 Å². The highest BCUT2D eigenvalue weighted by Gasteiger charge is 2.45. The van der Waals surface area contributed by atoms with Gasteiger partial charge in [0.15, 0.2) is 0 Å². The molecule has 1 amide bonds. The van der Waals surface area contributed by atoms with Gasteiger partial charge in [-0.3, -0.25) is 9.59 Å². The maximum Gasteiger partial charge on any atom is 0.295 e. The van der Waals surface area contributed by atoms with Crippen LogP contribution in [0, 0.1) is 6.92 Å². The van der Waals surface area contributed by atoms with Crippen LogP contribution in [0.1, 0.15) is 36.6 Å². The quantitative estimate of drug-likeness (QED) is 0.404. The zero-order valence-electron chi connectivity index (χ0n) is 17.6. The van der Waals surface area contributed by atoms with Crippen molar-refractivity contribution in [3.8, 4) is 0 Å². The summed E-state index contributed by atoms with van der Waals surface area (Å²) in [5.41, 5.74) is 2.42. The molecule has 5 nitrogen and oxygen atoms in total. The molecule has 0 aliphatic carbocycles. The lowest BCUT2D eigenvalue weighted by molar-refractivity contribution is -0.140. The van der Waals surface area contributed by atoms with Crippen molar-refractivity contribution in [2.75, 3.05) is 26.2 Å². The van der Waals surface area contributed by atoms with Gasteiger partial charge in [-0.2, -0.15) is 0 Å². The van der Waals surface area contributed by atoms with Crippen molar-refractivity contribution in [3.05, 3.63) is 75.8 Å². The van der Waals surface area contributed by atoms with E-state index in [-0.39, 0.29) is 11.3 Å². The molecule has 1 heterocycles. The normalized spacial score (nSPS) is 18.4. The van der Waals surface area contributed by atoms with Crippen molar-refractivity contribution in [2.24, 2.45) is 0 Å². The summed E-state index contributed by atoms with van der Waals surface area (Å²) < 4.78 is 0. The Bertz CT molecular complexity index is 947. The second-order valence-corrected chi connectivity index (χ2v) is 7.87. The summed E-state index contributed by atoms with van der Waals surface area (Å²) in [6.45, 7) is 8.82. The maximum atomic E-state index is 13.0. The molecule has 0 aromatic heterocycles. The number of nitrogens with zero attached hydrogens (tertiary/aromatic N) is 2. The van der Waals surface area contributed by atoms with Crippen LogP contribution in [0.15, 0.2) is 54.1 Å². The molecular formula is C24H27ClN2O3. The number of ketones is 1. The predicted octanol–water partition coefficient (Wildman–Crippen LogP) is 4.41. The van der Waals surface area contributed by atoms with Gasteiger partial charge < -0.3 is 14.9 Å². The minimum absolute atomic E-state index is 0.116. The van der Waals surface area contributed by atoms with Crippen LogP contribution in [0.25, 0.3) is 5.76 Å². The number of halogens is 1. The Hall–Kier alpha value is -2.63. The van der Waals surface area contributed by atoms with Gasteiger partial charge in [-0.05, 0) is 37.7 Å². The van der Waals surface area contributed by atoms with Crippen LogP contribution in [-0.4, -0.2) is 52.8 Å². The lowest BCUT2D eigenvalue weighted by atomic mass is 9.95. The van der Waals surface area contributed by atoms with E-state index in [1.54, 1.807) is 41.3 Å². The summed E-state index contributed by atoms with van der Waals surface area (Å²) in [5, 5.41) is 11.6. The van der Waals surface area contributed by atoms with Gasteiger partial charge in [0.1, 0.15) is 5.76 Å². The van der Waals surface area contributed by atoms with E-state index in [1.165, 1.54) is 0 Å². The number of likely N-dealkylation sites (tertiary alicyclic amines) is 1. The van der Waals surface area contributed by atoms with E-state index >= 15 is 0 Å². The molecule has 3 rings (SSSR count). The molecule has 6 heteroatoms. The summed E-state index contributed by atoms with van der Waals surface area (Å²) in [4.78, 5) is 29.7. The van der Waals surface area contributed by atoms with Crippen molar-refractivity contribution in [3.63, 3.8) is 0 Å². The molecule has 0 saturated carbocycles. The molecule has 0 bridgehead atoms. The lowest BCUT2D eigenvalue weighted by Crippen LogP contribution is -2.38. The van der Waals surface area contributed by atoms with Gasteiger partial charge in [0.05, 0.1) is 11.6 Å². The van der Waals surface area contributed by atoms with Gasteiger partial charge >= 0.3 is 0 Å². The highest BCUT2D eigenvalue weighted by atomic mass is 35.5. The fraction of sp³-hybridized carbons (Fsp3) is 0.333. The molecule has 0 spiro atoms. The van der Waals surface area contributed by atoms with Gasteiger partial charge in [0.2, 0.25) is 0 Å². The average molecular weight is 427 g/mol. The number of carbonyl (C=O) groups is 2. The Balaban J connectivity index is 2.08. The van der Waals surface area contributed by atoms with Crippen LogP contribution in [-0.2, 0) is 9.59 Å². The van der Waals surface area contributed by atoms with Crippen LogP contribution >= 0.6 is 11.6 Å². The number of likely N-dealkylation sites (N-methyl/N-ethyl adjacent to an activating group) is 1. The van der Waals surface area contributed by atoms with E-state index in [1.807, 2.05) is 19.1 Å². The highest BCUT2D eigenvalue weighted by molar-refractivity contribution is 6.46. The molecule has 1 N–H and O–H groups in total. The fourth-order valence-electron chi connectivity index (χ4n) is 3.76. The first-order valence-corrected chi connectivity index (χ1v) is 10.6. The Kier molecular flexibility index (Phi) is 6.95. The van der Waals surface area contributed by atoms with Crippen LogP contribution in [0.3, 0.4) is 0 Å². The largest absolute Gasteiger partial charge is 0.507 e. The van der Waals surface area contributed by atoms with E-state index < -0.39 is 17.7 Å². The predicted molar refractivity (Wildman–Crippen MR) is 119 cm³/mol. The summed E-state index contributed by atoms with van der Waals surface area (Å²) in [6, 6.07) is 13.6. The molecule has 0 unspecified atom stereocenters. The second-order valence-electron chi connectivity index (χ2n) is 7.44. The van der Waals surface area contributed by atoms with E-state index in [4.69, 9.17) is 11.6 Å². The van der Waals surface area contributed by atoms with Gasteiger partial charge in [-0.25, -0.2) is 0 Å². The molecule has 1 saturated heterocycles. The smallest absolute Gasteiger partial charge is 0.295 e. The fourth-order valence-corrected chi connectivity index (χ4v) is 3.88. The molecule has 2 aromatic rings. The third-order valence-corrected chi connectivity index (χ3v) is 5.85. The number of aryl methyl sites for hydroxylation is 1. The van der Waals surface area contributed by atoms with Crippen molar-refractivity contribution in [1.82, 2.24) is 9.80 Å². The first-order valence-electron chi connectivity index (χ1n) is 10.2. The van der Waals surface area contributed by atoms with Gasteiger partial charge in [-0.15, -0.1) is 0 Å². The van der Waals surface area contributed by atoms with Crippen LogP contribution in [0.5, 0.6) is 0 Å². The summed E-state index contributed by atoms with van der Waals surface area (Å²) >= 11 is 6.05. The zero-order valence-corrected chi connectivity index (χ0v) is 18.3. The number of rotatable bonds is 7. The Morgan fingerprint density at radius 3 is 2.20 bits per heavy atom. The third kappa shape index (κ3) is 4.42. The van der Waals surface area contributed by atoms with Gasteiger partial charge in [0, 0.05) is 23.7 Å². The number of carbonyl (C=O) groups excluding carboxylic acids is 2. The number of amides is 1. The molecule has 1 aliphatic heterocycles. The van der Waals surface area contributed by atoms with Crippen molar-refractivity contribution >= 4 is 29.1 Å². The monoisotopic (exact) mass is 426 g/mol. The first kappa shape index (κ1) is 22.1. The number of hydrogen-bond donors (Lipinski definition) is 1. The molecule has 1 aliphatic rings. The molecule has 158 valence electrons. The molecule has 2 aromatic carbocycles. The second kappa shape index (κ2) is 9.45. The first-order chi connectivity index (χ1) is 14.4. The van der Waals surface area contributed by atoms with Crippen molar-refractivity contribution in [2.45, 2.75) is 26.8 Å². The molecule has 1 fully saturated rings. The number of aliphatic hydroxyl groups is 1. The van der Waals surface area contributed by atoms with Gasteiger partial charge in [0.25, 0.3) is 11.7 Å². The van der Waals surface area contributed by atoms with Gasteiger partial charge in [-0.1, -0.05) is 67.4 Å². The van der Waals surface area contributed by atoms with E-state index in [2.05, 4.69) is 18.7 Å². The molecular weight excluding hydrogens is 400 g/mol. The number of benzene rings is 2. The summed E-state index contributed by atoms with van der Waals surface area (Å²) in [6.07, 6.45) is 0. The summed E-state index contributed by atoms with van der Waals surface area (Å²) in [7, 11) is 0. The van der Waals surface area contributed by atoms with E-state index in [0.29, 0.717) is 23.7 Å². The standard InChI is InChI=1S/C24H27ClN2O3/c1-4-26(5-2)14-15-27-21(17-10-12-19(25)13-11-17)20(23(29)24(27)30)22(28)18-8-6-16(3)7-9-18/h6-13,21,28H,4-5,14-15H2,1-3H3/t21-/m0/s1. The zero-order chi connectivity index (χ0) is 21.8. The molecule has 0 radical (unpaired) electrons. The van der Waals surface area contributed by atoms with E-state index in [0.717, 1.165) is 24.2 Å². The number of hydrogen-bond acceptors (Lipinski definition) is 4. The van der Waals surface area contributed by atoms with Crippen molar-refractivity contribution in [1.29, 1.82) is 0 Å². The Morgan fingerprint density at radius 2 is 1.63 bits per heavy atom. The van der Waals surface area contributed by atoms with Crippen molar-refractivity contribution < 1.29 is 14.7 Å².